The Morgan fingerprint density at radius 3 is 2.67 bits per heavy atom. The molecule has 1 fully saturated rings. The van der Waals surface area contributed by atoms with Gasteiger partial charge in [0.2, 0.25) is 0 Å². The second-order valence-electron chi connectivity index (χ2n) is 6.48. The number of hydrogen-bond acceptors (Lipinski definition) is 3. The van der Waals surface area contributed by atoms with Crippen LogP contribution in [-0.4, -0.2) is 43.1 Å². The molecule has 24 heavy (non-hydrogen) atoms. The molecule has 1 amide bonds. The Morgan fingerprint density at radius 2 is 1.92 bits per heavy atom. The summed E-state index contributed by atoms with van der Waals surface area (Å²) in [5.74, 6) is 0.707. The van der Waals surface area contributed by atoms with Crippen molar-refractivity contribution < 1.29 is 9.53 Å². The largest absolute Gasteiger partial charge is 0.484 e. The van der Waals surface area contributed by atoms with Gasteiger partial charge in [0.25, 0.3) is 5.91 Å². The summed E-state index contributed by atoms with van der Waals surface area (Å²) in [6.07, 6.45) is 3.25. The van der Waals surface area contributed by atoms with Crippen molar-refractivity contribution in [1.82, 2.24) is 10.2 Å². The van der Waals surface area contributed by atoms with Crippen molar-refractivity contribution in [2.75, 3.05) is 26.2 Å². The molecule has 2 aromatic rings. The molecular weight excluding hydrogens is 300 g/mol. The SMILES string of the molecule is CCCN1CCC(NC(=O)COc2ccc3ccccc3c2)CC1. The van der Waals surface area contributed by atoms with Gasteiger partial charge in [-0.15, -0.1) is 0 Å². The highest BCUT2D eigenvalue weighted by Gasteiger charge is 2.20. The standard InChI is InChI=1S/C20H26N2O2/c1-2-11-22-12-9-18(10-13-22)21-20(23)15-24-19-8-7-16-5-3-4-6-17(16)14-19/h3-8,14,18H,2,9-13,15H2,1H3,(H,21,23). The molecule has 1 N–H and O–H groups in total. The van der Waals surface area contributed by atoms with Crippen molar-refractivity contribution in [2.45, 2.75) is 32.2 Å². The fourth-order valence-electron chi connectivity index (χ4n) is 3.29. The maximum atomic E-state index is 12.1. The van der Waals surface area contributed by atoms with Crippen LogP contribution in [0, 0.1) is 0 Å². The Balaban J connectivity index is 1.45. The van der Waals surface area contributed by atoms with Crippen LogP contribution in [0.1, 0.15) is 26.2 Å². The summed E-state index contributed by atoms with van der Waals surface area (Å²) in [6.45, 7) is 5.59. The number of nitrogens with one attached hydrogen (secondary N) is 1. The highest BCUT2D eigenvalue weighted by atomic mass is 16.5. The van der Waals surface area contributed by atoms with Crippen molar-refractivity contribution in [1.29, 1.82) is 0 Å². The summed E-state index contributed by atoms with van der Waals surface area (Å²) in [5.41, 5.74) is 0. The second-order valence-corrected chi connectivity index (χ2v) is 6.48. The molecular formula is C20H26N2O2. The first kappa shape index (κ1) is 16.8. The Labute approximate surface area is 143 Å². The number of amides is 1. The summed E-state index contributed by atoms with van der Waals surface area (Å²) in [5, 5.41) is 5.40. The van der Waals surface area contributed by atoms with Gasteiger partial charge in [0.15, 0.2) is 6.61 Å². The van der Waals surface area contributed by atoms with E-state index in [0.29, 0.717) is 0 Å². The van der Waals surface area contributed by atoms with Crippen LogP contribution in [0.25, 0.3) is 10.8 Å². The predicted octanol–water partition coefficient (Wildman–Crippen LogP) is 3.21. The van der Waals surface area contributed by atoms with Crippen LogP contribution >= 0.6 is 0 Å². The highest BCUT2D eigenvalue weighted by molar-refractivity contribution is 5.84. The predicted molar refractivity (Wildman–Crippen MR) is 97.3 cm³/mol. The van der Waals surface area contributed by atoms with Crippen LogP contribution < -0.4 is 10.1 Å². The van der Waals surface area contributed by atoms with Crippen molar-refractivity contribution in [3.05, 3.63) is 42.5 Å². The van der Waals surface area contributed by atoms with E-state index >= 15 is 0 Å². The van der Waals surface area contributed by atoms with Crippen molar-refractivity contribution in [3.63, 3.8) is 0 Å². The van der Waals surface area contributed by atoms with E-state index in [0.717, 1.165) is 43.6 Å². The molecule has 1 aliphatic heterocycles. The molecule has 128 valence electrons. The molecule has 0 saturated carbocycles. The fourth-order valence-corrected chi connectivity index (χ4v) is 3.29. The summed E-state index contributed by atoms with van der Waals surface area (Å²) >= 11 is 0. The minimum atomic E-state index is -0.0305. The molecule has 1 saturated heterocycles. The number of carbonyl (C=O) groups excluding carboxylic acids is 1. The van der Waals surface area contributed by atoms with Gasteiger partial charge in [-0.2, -0.15) is 0 Å². The van der Waals surface area contributed by atoms with Crippen molar-refractivity contribution in [3.8, 4) is 5.75 Å². The topological polar surface area (TPSA) is 41.6 Å². The van der Waals surface area contributed by atoms with Crippen LogP contribution in [-0.2, 0) is 4.79 Å². The quantitative estimate of drug-likeness (QED) is 0.886. The average molecular weight is 326 g/mol. The molecule has 0 aromatic heterocycles. The Kier molecular flexibility index (Phi) is 5.70. The molecule has 4 nitrogen and oxygen atoms in total. The molecule has 2 aromatic carbocycles. The third-order valence-corrected chi connectivity index (χ3v) is 4.58. The maximum absolute atomic E-state index is 12.1. The van der Waals surface area contributed by atoms with Crippen molar-refractivity contribution >= 4 is 16.7 Å². The smallest absolute Gasteiger partial charge is 0.258 e. The minimum Gasteiger partial charge on any atom is -0.484 e. The van der Waals surface area contributed by atoms with Gasteiger partial charge < -0.3 is 15.0 Å². The van der Waals surface area contributed by atoms with E-state index in [2.05, 4.69) is 23.2 Å². The van der Waals surface area contributed by atoms with E-state index in [1.165, 1.54) is 11.8 Å². The second kappa shape index (κ2) is 8.15. The molecule has 0 bridgehead atoms. The van der Waals surface area contributed by atoms with Gasteiger partial charge in [0.05, 0.1) is 0 Å². The summed E-state index contributed by atoms with van der Waals surface area (Å²) in [7, 11) is 0. The molecule has 0 atom stereocenters. The molecule has 0 aliphatic carbocycles. The van der Waals surface area contributed by atoms with Gasteiger partial charge in [-0.05, 0) is 48.7 Å². The Hall–Kier alpha value is -2.07. The lowest BCUT2D eigenvalue weighted by molar-refractivity contribution is -0.124. The zero-order chi connectivity index (χ0) is 16.8. The number of piperidine rings is 1. The first-order chi connectivity index (χ1) is 11.7. The number of ether oxygens (including phenoxy) is 1. The first-order valence-electron chi connectivity index (χ1n) is 8.88. The number of hydrogen-bond donors (Lipinski definition) is 1. The first-order valence-corrected chi connectivity index (χ1v) is 8.88. The van der Waals surface area contributed by atoms with Crippen LogP contribution in [0.2, 0.25) is 0 Å². The normalized spacial score (nSPS) is 16.2. The zero-order valence-electron chi connectivity index (χ0n) is 14.3. The molecule has 4 heteroatoms. The van der Waals surface area contributed by atoms with E-state index < -0.39 is 0 Å². The molecule has 1 aliphatic rings. The van der Waals surface area contributed by atoms with E-state index in [9.17, 15) is 4.79 Å². The van der Waals surface area contributed by atoms with E-state index in [4.69, 9.17) is 4.74 Å². The van der Waals surface area contributed by atoms with Gasteiger partial charge in [0, 0.05) is 19.1 Å². The molecule has 1 heterocycles. The molecule has 3 rings (SSSR count). The Bertz CT molecular complexity index is 678. The minimum absolute atomic E-state index is 0.0305. The summed E-state index contributed by atoms with van der Waals surface area (Å²) in [4.78, 5) is 14.6. The van der Waals surface area contributed by atoms with Crippen molar-refractivity contribution in [2.24, 2.45) is 0 Å². The van der Waals surface area contributed by atoms with Crippen LogP contribution in [0.5, 0.6) is 5.75 Å². The number of benzene rings is 2. The lowest BCUT2D eigenvalue weighted by Crippen LogP contribution is -2.46. The van der Waals surface area contributed by atoms with Gasteiger partial charge in [-0.3, -0.25) is 4.79 Å². The Morgan fingerprint density at radius 1 is 1.17 bits per heavy atom. The van der Waals surface area contributed by atoms with Gasteiger partial charge in [-0.1, -0.05) is 37.3 Å². The third-order valence-electron chi connectivity index (χ3n) is 4.58. The number of likely N-dealkylation sites (tertiary alicyclic amines) is 1. The van der Waals surface area contributed by atoms with Gasteiger partial charge >= 0.3 is 0 Å². The number of carbonyl (C=O) groups is 1. The monoisotopic (exact) mass is 326 g/mol. The summed E-state index contributed by atoms with van der Waals surface area (Å²) < 4.78 is 5.65. The molecule has 0 spiro atoms. The van der Waals surface area contributed by atoms with E-state index in [1.54, 1.807) is 0 Å². The number of nitrogens with zero attached hydrogens (tertiary/aromatic N) is 1. The molecule has 0 unspecified atom stereocenters. The van der Waals surface area contributed by atoms with E-state index in [1.807, 2.05) is 36.4 Å². The lowest BCUT2D eigenvalue weighted by Gasteiger charge is -2.32. The maximum Gasteiger partial charge on any atom is 0.258 e. The van der Waals surface area contributed by atoms with Gasteiger partial charge in [0.1, 0.15) is 5.75 Å². The van der Waals surface area contributed by atoms with Crippen LogP contribution in [0.15, 0.2) is 42.5 Å². The van der Waals surface area contributed by atoms with E-state index in [-0.39, 0.29) is 18.6 Å². The highest BCUT2D eigenvalue weighted by Crippen LogP contribution is 2.20. The van der Waals surface area contributed by atoms with Gasteiger partial charge in [-0.25, -0.2) is 0 Å². The number of rotatable bonds is 6. The fraction of sp³-hybridized carbons (Fsp3) is 0.450. The van der Waals surface area contributed by atoms with Crippen LogP contribution in [0.3, 0.4) is 0 Å². The zero-order valence-corrected chi connectivity index (χ0v) is 14.3. The number of fused-ring (bicyclic) bond motifs is 1. The average Bonchev–Trinajstić information content (AvgIpc) is 2.62. The van der Waals surface area contributed by atoms with Crippen LogP contribution in [0.4, 0.5) is 0 Å². The lowest BCUT2D eigenvalue weighted by atomic mass is 10.0. The molecule has 0 radical (unpaired) electrons. The summed E-state index contributed by atoms with van der Waals surface area (Å²) in [6, 6.07) is 14.3. The third kappa shape index (κ3) is 4.48.